The van der Waals surface area contributed by atoms with Crippen molar-refractivity contribution >= 4 is 0 Å². The van der Waals surface area contributed by atoms with Crippen LogP contribution in [0.1, 0.15) is 25.4 Å². The highest BCUT2D eigenvalue weighted by molar-refractivity contribution is 5.26. The van der Waals surface area contributed by atoms with Gasteiger partial charge in [0.2, 0.25) is 0 Å². The smallest absolute Gasteiger partial charge is 0.116 e. The van der Waals surface area contributed by atoms with Gasteiger partial charge in [0.05, 0.1) is 18.6 Å². The van der Waals surface area contributed by atoms with E-state index in [2.05, 4.69) is 25.2 Å². The fourth-order valence-corrected chi connectivity index (χ4v) is 2.05. The first kappa shape index (κ1) is 10.7. The Morgan fingerprint density at radius 1 is 1.33 bits per heavy atom. The zero-order valence-corrected chi connectivity index (χ0v) is 9.89. The fourth-order valence-electron chi connectivity index (χ4n) is 2.05. The molecule has 1 aromatic heterocycles. The van der Waals surface area contributed by atoms with E-state index in [1.165, 1.54) is 0 Å². The maximum absolute atomic E-state index is 5.76. The second kappa shape index (κ2) is 3.35. The van der Waals surface area contributed by atoms with E-state index < -0.39 is 0 Å². The van der Waals surface area contributed by atoms with Gasteiger partial charge in [-0.05, 0) is 40.0 Å². The molecule has 0 spiro atoms. The van der Waals surface area contributed by atoms with Gasteiger partial charge >= 0.3 is 0 Å². The summed E-state index contributed by atoms with van der Waals surface area (Å²) in [6.07, 6.45) is 0. The summed E-state index contributed by atoms with van der Waals surface area (Å²) in [6, 6.07) is 4.08. The summed E-state index contributed by atoms with van der Waals surface area (Å²) in [4.78, 5) is 0. The number of aryl methyl sites for hydroxylation is 1. The molecule has 3 nitrogen and oxygen atoms in total. The van der Waals surface area contributed by atoms with Crippen LogP contribution in [0, 0.1) is 6.92 Å². The predicted molar refractivity (Wildman–Crippen MR) is 59.1 cm³/mol. The van der Waals surface area contributed by atoms with Crippen molar-refractivity contribution in [2.75, 3.05) is 20.3 Å². The molecule has 1 saturated heterocycles. The van der Waals surface area contributed by atoms with Gasteiger partial charge in [0, 0.05) is 5.54 Å². The van der Waals surface area contributed by atoms with Gasteiger partial charge in [-0.1, -0.05) is 0 Å². The third-order valence-electron chi connectivity index (χ3n) is 3.73. The molecule has 84 valence electrons. The highest BCUT2D eigenvalue weighted by atomic mass is 16.5. The zero-order chi connectivity index (χ0) is 11.1. The van der Waals surface area contributed by atoms with Gasteiger partial charge in [-0.25, -0.2) is 0 Å². The van der Waals surface area contributed by atoms with Crippen LogP contribution in [0.2, 0.25) is 0 Å². The van der Waals surface area contributed by atoms with Crippen LogP contribution in [0.3, 0.4) is 0 Å². The van der Waals surface area contributed by atoms with E-state index >= 15 is 0 Å². The minimum absolute atomic E-state index is 0.0178. The molecule has 0 radical (unpaired) electrons. The van der Waals surface area contributed by atoms with Gasteiger partial charge in [0.25, 0.3) is 0 Å². The van der Waals surface area contributed by atoms with E-state index in [0.717, 1.165) is 24.7 Å². The molecule has 0 atom stereocenters. The topological polar surface area (TPSA) is 34.4 Å². The molecule has 1 fully saturated rings. The van der Waals surface area contributed by atoms with Crippen molar-refractivity contribution < 1.29 is 9.15 Å². The number of furan rings is 1. The van der Waals surface area contributed by atoms with E-state index in [-0.39, 0.29) is 11.0 Å². The van der Waals surface area contributed by atoms with Crippen molar-refractivity contribution in [3.8, 4) is 0 Å². The second-order valence-electron chi connectivity index (χ2n) is 4.86. The van der Waals surface area contributed by atoms with Crippen LogP contribution in [0.5, 0.6) is 0 Å². The van der Waals surface area contributed by atoms with Crippen LogP contribution < -0.4 is 5.32 Å². The van der Waals surface area contributed by atoms with Gasteiger partial charge < -0.3 is 14.5 Å². The number of hydrogen-bond donors (Lipinski definition) is 1. The molecule has 1 aromatic rings. The number of hydrogen-bond acceptors (Lipinski definition) is 3. The Bertz CT molecular complexity index is 350. The lowest BCUT2D eigenvalue weighted by Gasteiger charge is -2.50. The van der Waals surface area contributed by atoms with Crippen LogP contribution in [-0.2, 0) is 10.2 Å². The Hall–Kier alpha value is -0.800. The molecule has 2 rings (SSSR count). The number of likely N-dealkylation sites (N-methyl/N-ethyl adjacent to an activating group) is 1. The Labute approximate surface area is 90.8 Å². The van der Waals surface area contributed by atoms with Gasteiger partial charge in [-0.15, -0.1) is 0 Å². The maximum Gasteiger partial charge on any atom is 0.116 e. The first-order valence-corrected chi connectivity index (χ1v) is 5.35. The summed E-state index contributed by atoms with van der Waals surface area (Å²) < 4.78 is 11.1. The second-order valence-corrected chi connectivity index (χ2v) is 4.86. The average molecular weight is 209 g/mol. The van der Waals surface area contributed by atoms with Gasteiger partial charge in [-0.3, -0.25) is 0 Å². The highest BCUT2D eigenvalue weighted by Gasteiger charge is 2.53. The monoisotopic (exact) mass is 209 g/mol. The van der Waals surface area contributed by atoms with Crippen molar-refractivity contribution in [1.82, 2.24) is 5.32 Å². The summed E-state index contributed by atoms with van der Waals surface area (Å²) in [5.74, 6) is 1.99. The largest absolute Gasteiger partial charge is 0.466 e. The standard InChI is InChI=1S/C12H19NO2/c1-9-5-6-10(15-9)12(7-14-8-12)11(2,3)13-4/h5-6,13H,7-8H2,1-4H3. The lowest BCUT2D eigenvalue weighted by molar-refractivity contribution is -0.109. The molecule has 1 N–H and O–H groups in total. The minimum atomic E-state index is -0.0183. The summed E-state index contributed by atoms with van der Waals surface area (Å²) >= 11 is 0. The molecule has 1 aliphatic heterocycles. The third-order valence-corrected chi connectivity index (χ3v) is 3.73. The quantitative estimate of drug-likeness (QED) is 0.825. The fraction of sp³-hybridized carbons (Fsp3) is 0.667. The maximum atomic E-state index is 5.76. The lowest BCUT2D eigenvalue weighted by atomic mass is 9.68. The van der Waals surface area contributed by atoms with Crippen molar-refractivity contribution in [1.29, 1.82) is 0 Å². The summed E-state index contributed by atoms with van der Waals surface area (Å²) in [7, 11) is 1.98. The highest BCUT2D eigenvalue weighted by Crippen LogP contribution is 2.42. The average Bonchev–Trinajstić information content (AvgIpc) is 2.50. The molecular weight excluding hydrogens is 190 g/mol. The van der Waals surface area contributed by atoms with Crippen molar-refractivity contribution in [3.05, 3.63) is 23.7 Å². The lowest BCUT2D eigenvalue weighted by Crippen LogP contribution is -2.65. The SMILES string of the molecule is CNC(C)(C)C1(c2ccc(C)o2)COC1. The van der Waals surface area contributed by atoms with Crippen molar-refractivity contribution in [2.24, 2.45) is 0 Å². The Balaban J connectivity index is 2.38. The minimum Gasteiger partial charge on any atom is -0.466 e. The predicted octanol–water partition coefficient (Wildman–Crippen LogP) is 1.85. The van der Waals surface area contributed by atoms with Crippen LogP contribution in [0.4, 0.5) is 0 Å². The summed E-state index contributed by atoms with van der Waals surface area (Å²) in [5.41, 5.74) is -0.0362. The number of rotatable bonds is 3. The van der Waals surface area contributed by atoms with E-state index in [4.69, 9.17) is 9.15 Å². The molecule has 3 heteroatoms. The van der Waals surface area contributed by atoms with Crippen LogP contribution >= 0.6 is 0 Å². The molecule has 15 heavy (non-hydrogen) atoms. The molecular formula is C12H19NO2. The molecule has 2 heterocycles. The van der Waals surface area contributed by atoms with E-state index in [0.29, 0.717) is 0 Å². The Morgan fingerprint density at radius 2 is 2.00 bits per heavy atom. The van der Waals surface area contributed by atoms with Gasteiger partial charge in [-0.2, -0.15) is 0 Å². The summed E-state index contributed by atoms with van der Waals surface area (Å²) in [5, 5.41) is 3.35. The molecule has 0 amide bonds. The Kier molecular flexibility index (Phi) is 2.40. The van der Waals surface area contributed by atoms with Crippen LogP contribution in [-0.4, -0.2) is 25.8 Å². The van der Waals surface area contributed by atoms with Gasteiger partial charge in [0.1, 0.15) is 11.5 Å². The van der Waals surface area contributed by atoms with Crippen LogP contribution in [0.25, 0.3) is 0 Å². The van der Waals surface area contributed by atoms with Gasteiger partial charge in [0.15, 0.2) is 0 Å². The van der Waals surface area contributed by atoms with E-state index in [1.807, 2.05) is 20.0 Å². The van der Waals surface area contributed by atoms with E-state index in [1.54, 1.807) is 0 Å². The van der Waals surface area contributed by atoms with E-state index in [9.17, 15) is 0 Å². The number of nitrogens with one attached hydrogen (secondary N) is 1. The molecule has 0 aliphatic carbocycles. The normalized spacial score (nSPS) is 20.0. The van der Waals surface area contributed by atoms with Crippen molar-refractivity contribution in [3.63, 3.8) is 0 Å². The summed E-state index contributed by atoms with van der Waals surface area (Å²) in [6.45, 7) is 7.81. The first-order chi connectivity index (χ1) is 7.02. The first-order valence-electron chi connectivity index (χ1n) is 5.35. The third kappa shape index (κ3) is 1.42. The molecule has 0 unspecified atom stereocenters. The molecule has 0 saturated carbocycles. The zero-order valence-electron chi connectivity index (χ0n) is 9.89. The molecule has 1 aliphatic rings. The Morgan fingerprint density at radius 3 is 2.33 bits per heavy atom. The number of ether oxygens (including phenoxy) is 1. The van der Waals surface area contributed by atoms with Crippen LogP contribution in [0.15, 0.2) is 16.5 Å². The van der Waals surface area contributed by atoms with Crippen molar-refractivity contribution in [2.45, 2.75) is 31.7 Å². The molecule has 0 bridgehead atoms. The molecule has 0 aromatic carbocycles.